The molecule has 16 heavy (non-hydrogen) atoms. The van der Waals surface area contributed by atoms with Crippen LogP contribution in [0.15, 0.2) is 4.79 Å². The second kappa shape index (κ2) is 3.96. The first-order chi connectivity index (χ1) is 7.67. The van der Waals surface area contributed by atoms with Crippen molar-refractivity contribution in [2.75, 3.05) is 6.61 Å². The van der Waals surface area contributed by atoms with Gasteiger partial charge in [0, 0.05) is 5.56 Å². The van der Waals surface area contributed by atoms with Crippen molar-refractivity contribution in [2.24, 2.45) is 0 Å². The summed E-state index contributed by atoms with van der Waals surface area (Å²) in [4.78, 5) is 20.3. The Kier molecular flexibility index (Phi) is 2.64. The lowest BCUT2D eigenvalue weighted by molar-refractivity contribution is 0.313. The second-order valence-electron chi connectivity index (χ2n) is 3.43. The number of aromatic amines is 1. The minimum atomic E-state index is -0.108. The van der Waals surface area contributed by atoms with E-state index in [9.17, 15) is 4.79 Å². The second-order valence-corrected chi connectivity index (χ2v) is 3.43. The van der Waals surface area contributed by atoms with Crippen molar-refractivity contribution >= 4 is 5.78 Å². The molecule has 0 saturated heterocycles. The molecule has 1 N–H and O–H groups in total. The largest absolute Gasteiger partial charge is 0.464 e. The molecule has 2 heterocycles. The van der Waals surface area contributed by atoms with Gasteiger partial charge in [-0.05, 0) is 20.3 Å². The Bertz CT molecular complexity index is 570. The first-order valence-corrected chi connectivity index (χ1v) is 5.28. The summed E-state index contributed by atoms with van der Waals surface area (Å²) < 4.78 is 6.51. The third kappa shape index (κ3) is 1.56. The van der Waals surface area contributed by atoms with E-state index < -0.39 is 0 Å². The molecule has 0 aromatic carbocycles. The van der Waals surface area contributed by atoms with E-state index in [4.69, 9.17) is 4.74 Å². The van der Waals surface area contributed by atoms with Crippen molar-refractivity contribution in [1.82, 2.24) is 19.6 Å². The van der Waals surface area contributed by atoms with Gasteiger partial charge < -0.3 is 4.74 Å². The zero-order valence-corrected chi connectivity index (χ0v) is 9.57. The highest BCUT2D eigenvalue weighted by Gasteiger charge is 2.11. The van der Waals surface area contributed by atoms with E-state index in [-0.39, 0.29) is 5.56 Å². The van der Waals surface area contributed by atoms with Crippen LogP contribution in [0.3, 0.4) is 0 Å². The molecule has 6 heteroatoms. The van der Waals surface area contributed by atoms with Crippen LogP contribution in [0.4, 0.5) is 0 Å². The van der Waals surface area contributed by atoms with Gasteiger partial charge in [0.1, 0.15) is 0 Å². The molecule has 0 fully saturated rings. The summed E-state index contributed by atoms with van der Waals surface area (Å²) in [6, 6.07) is 0.319. The van der Waals surface area contributed by atoms with Gasteiger partial charge in [-0.3, -0.25) is 4.79 Å². The van der Waals surface area contributed by atoms with Gasteiger partial charge in [0.05, 0.1) is 12.3 Å². The van der Waals surface area contributed by atoms with Gasteiger partial charge in [0.2, 0.25) is 0 Å². The molecule has 0 saturated carbocycles. The maximum atomic E-state index is 12.0. The van der Waals surface area contributed by atoms with Crippen LogP contribution in [0.5, 0.6) is 6.01 Å². The number of rotatable bonds is 3. The van der Waals surface area contributed by atoms with E-state index in [0.29, 0.717) is 30.4 Å². The third-order valence-corrected chi connectivity index (χ3v) is 2.41. The van der Waals surface area contributed by atoms with Gasteiger partial charge in [-0.15, -0.1) is 0 Å². The smallest absolute Gasteiger partial charge is 0.312 e. The highest BCUT2D eigenvalue weighted by atomic mass is 16.5. The fourth-order valence-electron chi connectivity index (χ4n) is 1.64. The molecule has 0 atom stereocenters. The van der Waals surface area contributed by atoms with E-state index >= 15 is 0 Å². The van der Waals surface area contributed by atoms with Crippen molar-refractivity contribution < 1.29 is 4.74 Å². The number of hydrogen-bond donors (Lipinski definition) is 1. The van der Waals surface area contributed by atoms with Crippen molar-refractivity contribution in [2.45, 2.75) is 27.2 Å². The van der Waals surface area contributed by atoms with Gasteiger partial charge in [-0.2, -0.15) is 9.50 Å². The van der Waals surface area contributed by atoms with Crippen molar-refractivity contribution in [3.63, 3.8) is 0 Å². The third-order valence-electron chi connectivity index (χ3n) is 2.41. The van der Waals surface area contributed by atoms with E-state index in [0.717, 1.165) is 5.69 Å². The van der Waals surface area contributed by atoms with Crippen LogP contribution < -0.4 is 10.3 Å². The predicted molar refractivity (Wildman–Crippen MR) is 58.9 cm³/mol. The lowest BCUT2D eigenvalue weighted by Gasteiger charge is -2.00. The fourth-order valence-corrected chi connectivity index (χ4v) is 1.64. The molecule has 0 bridgehead atoms. The van der Waals surface area contributed by atoms with E-state index in [1.54, 1.807) is 0 Å². The molecule has 0 spiro atoms. The van der Waals surface area contributed by atoms with Crippen LogP contribution in [0, 0.1) is 6.92 Å². The molecule has 0 unspecified atom stereocenters. The van der Waals surface area contributed by atoms with Gasteiger partial charge in [0.25, 0.3) is 11.3 Å². The summed E-state index contributed by atoms with van der Waals surface area (Å²) >= 11 is 0. The lowest BCUT2D eigenvalue weighted by atomic mass is 10.2. The quantitative estimate of drug-likeness (QED) is 0.829. The first kappa shape index (κ1) is 10.7. The Morgan fingerprint density at radius 1 is 1.38 bits per heavy atom. The number of fused-ring (bicyclic) bond motifs is 1. The Labute approximate surface area is 92.3 Å². The standard InChI is InChI=1S/C10H14N4O2/c1-4-7-6(3)11-9-12-10(16-5-2)13-14(9)8(7)15/h4-5H2,1-3H3,(H,11,12,13). The molecule has 0 radical (unpaired) electrons. The molecule has 0 aliphatic carbocycles. The molecular formula is C10H14N4O2. The number of hydrogen-bond acceptors (Lipinski definition) is 4. The molecule has 0 aliphatic rings. The van der Waals surface area contributed by atoms with Gasteiger partial charge in [0.15, 0.2) is 0 Å². The summed E-state index contributed by atoms with van der Waals surface area (Å²) in [5.74, 6) is 0.350. The average Bonchev–Trinajstić information content (AvgIpc) is 2.62. The zero-order chi connectivity index (χ0) is 11.7. The van der Waals surface area contributed by atoms with Crippen molar-refractivity contribution in [3.8, 4) is 6.01 Å². The Morgan fingerprint density at radius 3 is 2.75 bits per heavy atom. The Morgan fingerprint density at radius 2 is 2.12 bits per heavy atom. The van der Waals surface area contributed by atoms with E-state index in [1.165, 1.54) is 4.52 Å². The van der Waals surface area contributed by atoms with Crippen LogP contribution in [0.25, 0.3) is 5.78 Å². The number of ether oxygens (including phenoxy) is 1. The zero-order valence-electron chi connectivity index (χ0n) is 9.57. The molecular weight excluding hydrogens is 208 g/mol. The van der Waals surface area contributed by atoms with E-state index in [1.807, 2.05) is 20.8 Å². The summed E-state index contributed by atoms with van der Waals surface area (Å²) in [6.07, 6.45) is 0.656. The number of nitrogens with one attached hydrogen (secondary N) is 1. The molecule has 2 aromatic heterocycles. The van der Waals surface area contributed by atoms with Crippen LogP contribution in [-0.4, -0.2) is 26.2 Å². The first-order valence-electron chi connectivity index (χ1n) is 5.28. The number of aromatic nitrogens is 4. The summed E-state index contributed by atoms with van der Waals surface area (Å²) in [5.41, 5.74) is 1.31. The molecule has 2 rings (SSSR count). The molecule has 0 aliphatic heterocycles. The highest BCUT2D eigenvalue weighted by Crippen LogP contribution is 2.06. The lowest BCUT2D eigenvalue weighted by Crippen LogP contribution is -2.21. The maximum Gasteiger partial charge on any atom is 0.312 e. The average molecular weight is 222 g/mol. The molecule has 86 valence electrons. The summed E-state index contributed by atoms with van der Waals surface area (Å²) in [6.45, 7) is 6.09. The topological polar surface area (TPSA) is 72.3 Å². The van der Waals surface area contributed by atoms with Crippen molar-refractivity contribution in [1.29, 1.82) is 0 Å². The van der Waals surface area contributed by atoms with Gasteiger partial charge in [-0.25, -0.2) is 10.1 Å². The van der Waals surface area contributed by atoms with Crippen LogP contribution in [0.1, 0.15) is 25.1 Å². The fraction of sp³-hybridized carbons (Fsp3) is 0.500. The number of H-pyrrole nitrogens is 1. The predicted octanol–water partition coefficient (Wildman–Crippen LogP) is 0.687. The Hall–Kier alpha value is -1.85. The number of nitrogens with zero attached hydrogens (tertiary/aromatic N) is 3. The summed E-state index contributed by atoms with van der Waals surface area (Å²) in [7, 11) is 0. The molecule has 6 nitrogen and oxygen atoms in total. The normalized spacial score (nSPS) is 10.9. The van der Waals surface area contributed by atoms with Crippen LogP contribution in [-0.2, 0) is 6.42 Å². The molecule has 2 aromatic rings. The molecule has 0 amide bonds. The minimum Gasteiger partial charge on any atom is -0.464 e. The minimum absolute atomic E-state index is 0.108. The monoisotopic (exact) mass is 222 g/mol. The van der Waals surface area contributed by atoms with Gasteiger partial charge in [-0.1, -0.05) is 6.92 Å². The Balaban J connectivity index is 2.68. The van der Waals surface area contributed by atoms with Crippen molar-refractivity contribution in [3.05, 3.63) is 21.6 Å². The van der Waals surface area contributed by atoms with Crippen LogP contribution in [0.2, 0.25) is 0 Å². The highest BCUT2D eigenvalue weighted by molar-refractivity contribution is 5.32. The SMILES string of the molecule is CCOc1nc2nc(C)c(CC)c(=O)n2[nH]1. The van der Waals surface area contributed by atoms with Gasteiger partial charge >= 0.3 is 6.01 Å². The maximum absolute atomic E-state index is 12.0. The summed E-state index contributed by atoms with van der Waals surface area (Å²) in [5, 5.41) is 2.78. The van der Waals surface area contributed by atoms with E-state index in [2.05, 4.69) is 15.1 Å². The van der Waals surface area contributed by atoms with Crippen LogP contribution >= 0.6 is 0 Å². The number of aryl methyl sites for hydroxylation is 1.